The number of aryl methyl sites for hydroxylation is 2. The number of benzene rings is 3. The third-order valence-electron chi connectivity index (χ3n) is 7.60. The SMILES string of the molecule is Cc1ccc(C)c(C(=O)N2CCCC(C(=O)Nc3cccc(C(C)(C)C)c3)C2c2ccc(N(C)C)cc2)c1. The maximum atomic E-state index is 14.0. The minimum absolute atomic E-state index is 0.0138. The monoisotopic (exact) mass is 511 g/mol. The standard InChI is InChI=1S/C33H41N3O2/c1-22-13-14-23(2)29(20-22)32(38)36-19-9-12-28(30(36)24-15-17-27(18-16-24)35(6)7)31(37)34-26-11-8-10-25(21-26)33(3,4)5/h8,10-11,13-18,20-21,28,30H,9,12,19H2,1-7H3,(H,34,37). The average Bonchev–Trinajstić information content (AvgIpc) is 2.89. The van der Waals surface area contributed by atoms with Gasteiger partial charge in [-0.1, -0.05) is 62.7 Å². The fraction of sp³-hybridized carbons (Fsp3) is 0.394. The first-order valence-corrected chi connectivity index (χ1v) is 13.5. The minimum Gasteiger partial charge on any atom is -0.378 e. The smallest absolute Gasteiger partial charge is 0.254 e. The Bertz CT molecular complexity index is 1300. The normalized spacial score (nSPS) is 17.7. The van der Waals surface area contributed by atoms with Crippen LogP contribution in [0.5, 0.6) is 0 Å². The van der Waals surface area contributed by atoms with Gasteiger partial charge in [0.15, 0.2) is 0 Å². The molecule has 0 bridgehead atoms. The fourth-order valence-electron chi connectivity index (χ4n) is 5.30. The molecule has 0 spiro atoms. The Morgan fingerprint density at radius 1 is 0.947 bits per heavy atom. The highest BCUT2D eigenvalue weighted by molar-refractivity contribution is 5.98. The van der Waals surface area contributed by atoms with Crippen molar-refractivity contribution in [3.05, 3.63) is 94.5 Å². The third-order valence-corrected chi connectivity index (χ3v) is 7.60. The predicted molar refractivity (Wildman–Crippen MR) is 157 cm³/mol. The molecular formula is C33H41N3O2. The number of nitrogens with zero attached hydrogens (tertiary/aromatic N) is 2. The third kappa shape index (κ3) is 5.93. The molecule has 0 aromatic heterocycles. The van der Waals surface area contributed by atoms with Crippen molar-refractivity contribution in [1.82, 2.24) is 4.90 Å². The van der Waals surface area contributed by atoms with E-state index in [-0.39, 0.29) is 29.2 Å². The van der Waals surface area contributed by atoms with Gasteiger partial charge in [0.2, 0.25) is 5.91 Å². The van der Waals surface area contributed by atoms with Crippen LogP contribution in [0.2, 0.25) is 0 Å². The summed E-state index contributed by atoms with van der Waals surface area (Å²) in [5.41, 5.74) is 6.72. The summed E-state index contributed by atoms with van der Waals surface area (Å²) in [5.74, 6) is -0.419. The van der Waals surface area contributed by atoms with Crippen LogP contribution in [0, 0.1) is 19.8 Å². The van der Waals surface area contributed by atoms with Gasteiger partial charge in [-0.25, -0.2) is 0 Å². The molecular weight excluding hydrogens is 470 g/mol. The zero-order valence-corrected chi connectivity index (χ0v) is 23.8. The van der Waals surface area contributed by atoms with Crippen LogP contribution in [-0.2, 0) is 10.2 Å². The van der Waals surface area contributed by atoms with E-state index in [1.54, 1.807) is 0 Å². The van der Waals surface area contributed by atoms with Crippen molar-refractivity contribution in [2.24, 2.45) is 5.92 Å². The Balaban J connectivity index is 1.71. The van der Waals surface area contributed by atoms with Gasteiger partial charge in [-0.3, -0.25) is 9.59 Å². The molecule has 0 saturated carbocycles. The van der Waals surface area contributed by atoms with Crippen molar-refractivity contribution in [3.8, 4) is 0 Å². The lowest BCUT2D eigenvalue weighted by Gasteiger charge is -2.41. The number of hydrogen-bond acceptors (Lipinski definition) is 3. The molecule has 4 rings (SSSR count). The lowest BCUT2D eigenvalue weighted by Crippen LogP contribution is -2.46. The first-order chi connectivity index (χ1) is 18.0. The summed E-state index contributed by atoms with van der Waals surface area (Å²) >= 11 is 0. The second kappa shape index (κ2) is 11.0. The number of anilines is 2. The van der Waals surface area contributed by atoms with E-state index in [4.69, 9.17) is 0 Å². The van der Waals surface area contributed by atoms with Gasteiger partial charge in [0.1, 0.15) is 0 Å². The van der Waals surface area contributed by atoms with Gasteiger partial charge >= 0.3 is 0 Å². The largest absolute Gasteiger partial charge is 0.378 e. The summed E-state index contributed by atoms with van der Waals surface area (Å²) in [6.45, 7) is 11.1. The van der Waals surface area contributed by atoms with Crippen LogP contribution in [0.25, 0.3) is 0 Å². The summed E-state index contributed by atoms with van der Waals surface area (Å²) in [5, 5.41) is 3.19. The Hall–Kier alpha value is -3.60. The molecule has 38 heavy (non-hydrogen) atoms. The van der Waals surface area contributed by atoms with Crippen LogP contribution in [0.3, 0.4) is 0 Å². The summed E-state index contributed by atoms with van der Waals surface area (Å²) in [7, 11) is 4.02. The molecule has 1 saturated heterocycles. The van der Waals surface area contributed by atoms with Crippen LogP contribution >= 0.6 is 0 Å². The fourth-order valence-corrected chi connectivity index (χ4v) is 5.30. The zero-order valence-electron chi connectivity index (χ0n) is 23.8. The van der Waals surface area contributed by atoms with Gasteiger partial charge in [0.25, 0.3) is 5.91 Å². The molecule has 1 aliphatic heterocycles. The van der Waals surface area contributed by atoms with E-state index in [1.807, 2.05) is 63.2 Å². The molecule has 5 heteroatoms. The van der Waals surface area contributed by atoms with Gasteiger partial charge in [-0.15, -0.1) is 0 Å². The van der Waals surface area contributed by atoms with Crippen LogP contribution in [-0.4, -0.2) is 37.4 Å². The van der Waals surface area contributed by atoms with Crippen LogP contribution < -0.4 is 10.2 Å². The molecule has 1 heterocycles. The van der Waals surface area contributed by atoms with Crippen LogP contribution in [0.1, 0.15) is 72.3 Å². The van der Waals surface area contributed by atoms with E-state index in [0.29, 0.717) is 12.1 Å². The van der Waals surface area contributed by atoms with Gasteiger partial charge in [0, 0.05) is 37.6 Å². The number of carbonyl (C=O) groups excluding carboxylic acids is 2. The van der Waals surface area contributed by atoms with Crippen molar-refractivity contribution in [2.45, 2.75) is 58.9 Å². The van der Waals surface area contributed by atoms with Gasteiger partial charge in [-0.2, -0.15) is 0 Å². The van der Waals surface area contributed by atoms with E-state index >= 15 is 0 Å². The molecule has 5 nitrogen and oxygen atoms in total. The molecule has 3 aromatic rings. The van der Waals surface area contributed by atoms with E-state index < -0.39 is 0 Å². The number of carbonyl (C=O) groups is 2. The number of rotatable bonds is 5. The zero-order chi connectivity index (χ0) is 27.6. The number of hydrogen-bond donors (Lipinski definition) is 1. The number of likely N-dealkylation sites (tertiary alicyclic amines) is 1. The molecule has 1 fully saturated rings. The highest BCUT2D eigenvalue weighted by atomic mass is 16.2. The highest BCUT2D eigenvalue weighted by Crippen LogP contribution is 2.39. The van der Waals surface area contributed by atoms with Crippen molar-refractivity contribution in [1.29, 1.82) is 0 Å². The Morgan fingerprint density at radius 2 is 1.66 bits per heavy atom. The predicted octanol–water partition coefficient (Wildman–Crippen LogP) is 6.90. The summed E-state index contributed by atoms with van der Waals surface area (Å²) < 4.78 is 0. The second-order valence-corrected chi connectivity index (χ2v) is 11.8. The van der Waals surface area contributed by atoms with Crippen molar-refractivity contribution in [3.63, 3.8) is 0 Å². The summed E-state index contributed by atoms with van der Waals surface area (Å²) in [6.07, 6.45) is 1.50. The molecule has 1 N–H and O–H groups in total. The molecule has 2 unspecified atom stereocenters. The quantitative estimate of drug-likeness (QED) is 0.405. The topological polar surface area (TPSA) is 52.7 Å². The minimum atomic E-state index is -0.360. The molecule has 3 aromatic carbocycles. The Kier molecular flexibility index (Phi) is 7.96. The molecule has 200 valence electrons. The molecule has 1 aliphatic rings. The van der Waals surface area contributed by atoms with E-state index in [1.165, 1.54) is 5.56 Å². The van der Waals surface area contributed by atoms with E-state index in [0.717, 1.165) is 40.9 Å². The van der Waals surface area contributed by atoms with Crippen molar-refractivity contribution in [2.75, 3.05) is 30.9 Å². The van der Waals surface area contributed by atoms with Crippen LogP contribution in [0.15, 0.2) is 66.7 Å². The van der Waals surface area contributed by atoms with Crippen LogP contribution in [0.4, 0.5) is 11.4 Å². The first kappa shape index (κ1) is 27.4. The number of nitrogens with one attached hydrogen (secondary N) is 1. The van der Waals surface area contributed by atoms with Gasteiger partial charge in [0.05, 0.1) is 12.0 Å². The molecule has 2 atom stereocenters. The lowest BCUT2D eigenvalue weighted by molar-refractivity contribution is -0.123. The Morgan fingerprint density at radius 3 is 2.32 bits per heavy atom. The summed E-state index contributed by atoms with van der Waals surface area (Å²) in [4.78, 5) is 31.8. The average molecular weight is 512 g/mol. The van der Waals surface area contributed by atoms with E-state index in [2.05, 4.69) is 67.4 Å². The maximum Gasteiger partial charge on any atom is 0.254 e. The second-order valence-electron chi connectivity index (χ2n) is 11.8. The maximum absolute atomic E-state index is 14.0. The molecule has 2 amide bonds. The van der Waals surface area contributed by atoms with Gasteiger partial charge < -0.3 is 15.1 Å². The number of piperidine rings is 1. The van der Waals surface area contributed by atoms with Gasteiger partial charge in [-0.05, 0) is 79.1 Å². The first-order valence-electron chi connectivity index (χ1n) is 13.5. The lowest BCUT2D eigenvalue weighted by atomic mass is 9.83. The highest BCUT2D eigenvalue weighted by Gasteiger charge is 2.40. The van der Waals surface area contributed by atoms with E-state index in [9.17, 15) is 9.59 Å². The molecule has 0 radical (unpaired) electrons. The van der Waals surface area contributed by atoms with Crippen molar-refractivity contribution < 1.29 is 9.59 Å². The Labute approximate surface area is 227 Å². The molecule has 0 aliphatic carbocycles. The summed E-state index contributed by atoms with van der Waals surface area (Å²) in [6, 6.07) is 22.0. The van der Waals surface area contributed by atoms with Crippen molar-refractivity contribution >= 4 is 23.2 Å². The number of amides is 2.